The largest absolute Gasteiger partial charge is 0.495 e. The van der Waals surface area contributed by atoms with Crippen molar-refractivity contribution >= 4 is 29.0 Å². The molecular weight excluding hydrogens is 248 g/mol. The number of anilines is 2. The SMILES string of the molecule is COc1ccc(N)cc1NC(=O)C1(C)CCCS1. The molecular formula is C13H18N2O2S. The van der Waals surface area contributed by atoms with E-state index in [9.17, 15) is 4.79 Å². The molecule has 98 valence electrons. The van der Waals surface area contributed by atoms with E-state index in [2.05, 4.69) is 5.32 Å². The zero-order valence-corrected chi connectivity index (χ0v) is 11.5. The molecule has 3 N–H and O–H groups in total. The number of carbonyl (C=O) groups excluding carboxylic acids is 1. The number of thioether (sulfide) groups is 1. The highest BCUT2D eigenvalue weighted by molar-refractivity contribution is 8.01. The monoisotopic (exact) mass is 266 g/mol. The molecule has 1 atom stereocenters. The van der Waals surface area contributed by atoms with Crippen LogP contribution in [-0.2, 0) is 4.79 Å². The average Bonchev–Trinajstić information content (AvgIpc) is 2.78. The van der Waals surface area contributed by atoms with E-state index in [4.69, 9.17) is 10.5 Å². The Hall–Kier alpha value is -1.36. The summed E-state index contributed by atoms with van der Waals surface area (Å²) in [5.41, 5.74) is 6.97. The van der Waals surface area contributed by atoms with Crippen molar-refractivity contribution in [3.63, 3.8) is 0 Å². The van der Waals surface area contributed by atoms with E-state index in [1.807, 2.05) is 6.92 Å². The van der Waals surface area contributed by atoms with Crippen LogP contribution in [0.2, 0.25) is 0 Å². The summed E-state index contributed by atoms with van der Waals surface area (Å²) in [7, 11) is 1.58. The zero-order valence-electron chi connectivity index (χ0n) is 10.7. The highest BCUT2D eigenvalue weighted by atomic mass is 32.2. The van der Waals surface area contributed by atoms with Gasteiger partial charge in [-0.05, 0) is 43.7 Å². The third-order valence-electron chi connectivity index (χ3n) is 3.17. The van der Waals surface area contributed by atoms with Crippen molar-refractivity contribution in [2.75, 3.05) is 23.9 Å². The van der Waals surface area contributed by atoms with Crippen LogP contribution in [0.4, 0.5) is 11.4 Å². The number of benzene rings is 1. The Kier molecular flexibility index (Phi) is 3.71. The minimum Gasteiger partial charge on any atom is -0.495 e. The molecule has 2 rings (SSSR count). The van der Waals surface area contributed by atoms with Gasteiger partial charge in [0.05, 0.1) is 17.5 Å². The van der Waals surface area contributed by atoms with Crippen molar-refractivity contribution in [3.05, 3.63) is 18.2 Å². The second kappa shape index (κ2) is 5.10. The Morgan fingerprint density at radius 1 is 1.56 bits per heavy atom. The summed E-state index contributed by atoms with van der Waals surface area (Å²) in [4.78, 5) is 12.3. The van der Waals surface area contributed by atoms with Crippen LogP contribution in [-0.4, -0.2) is 23.5 Å². The van der Waals surface area contributed by atoms with E-state index in [1.54, 1.807) is 37.1 Å². The minimum atomic E-state index is -0.338. The molecule has 1 fully saturated rings. The molecule has 1 aliphatic rings. The number of methoxy groups -OCH3 is 1. The summed E-state index contributed by atoms with van der Waals surface area (Å²) < 4.78 is 4.88. The molecule has 1 saturated heterocycles. The van der Waals surface area contributed by atoms with Gasteiger partial charge in [-0.25, -0.2) is 0 Å². The van der Waals surface area contributed by atoms with Crippen LogP contribution in [0.25, 0.3) is 0 Å². The first-order valence-electron chi connectivity index (χ1n) is 5.94. The third-order valence-corrected chi connectivity index (χ3v) is 4.69. The second-order valence-corrected chi connectivity index (χ2v) is 6.19. The molecule has 1 amide bonds. The number of rotatable bonds is 3. The first-order chi connectivity index (χ1) is 8.55. The summed E-state index contributed by atoms with van der Waals surface area (Å²) in [5, 5.41) is 2.92. The molecule has 18 heavy (non-hydrogen) atoms. The van der Waals surface area contributed by atoms with Crippen molar-refractivity contribution in [2.45, 2.75) is 24.5 Å². The Bertz CT molecular complexity index is 456. The number of nitrogens with two attached hydrogens (primary N) is 1. The van der Waals surface area contributed by atoms with Crippen LogP contribution in [0, 0.1) is 0 Å². The van der Waals surface area contributed by atoms with Crippen molar-refractivity contribution in [2.24, 2.45) is 0 Å². The maximum atomic E-state index is 12.3. The highest BCUT2D eigenvalue weighted by Gasteiger charge is 2.37. The smallest absolute Gasteiger partial charge is 0.240 e. The summed E-state index contributed by atoms with van der Waals surface area (Å²) in [6.45, 7) is 1.98. The molecule has 1 heterocycles. The second-order valence-electron chi connectivity index (χ2n) is 4.60. The molecule has 5 heteroatoms. The highest BCUT2D eigenvalue weighted by Crippen LogP contribution is 2.39. The Morgan fingerprint density at radius 3 is 2.94 bits per heavy atom. The van der Waals surface area contributed by atoms with Crippen LogP contribution < -0.4 is 15.8 Å². The van der Waals surface area contributed by atoms with Gasteiger partial charge < -0.3 is 15.8 Å². The summed E-state index contributed by atoms with van der Waals surface area (Å²) in [5.74, 6) is 1.69. The van der Waals surface area contributed by atoms with Crippen molar-refractivity contribution in [1.29, 1.82) is 0 Å². The molecule has 0 saturated carbocycles. The first-order valence-corrected chi connectivity index (χ1v) is 6.93. The quantitative estimate of drug-likeness (QED) is 0.825. The molecule has 0 aromatic heterocycles. The van der Waals surface area contributed by atoms with Gasteiger partial charge in [-0.15, -0.1) is 11.8 Å². The number of ether oxygens (including phenoxy) is 1. The van der Waals surface area contributed by atoms with Gasteiger partial charge in [-0.3, -0.25) is 4.79 Å². The maximum absolute atomic E-state index is 12.3. The lowest BCUT2D eigenvalue weighted by molar-refractivity contribution is -0.118. The van der Waals surface area contributed by atoms with E-state index >= 15 is 0 Å². The lowest BCUT2D eigenvalue weighted by Crippen LogP contribution is -2.34. The van der Waals surface area contributed by atoms with E-state index in [-0.39, 0.29) is 10.7 Å². The van der Waals surface area contributed by atoms with E-state index in [0.29, 0.717) is 17.1 Å². The van der Waals surface area contributed by atoms with Gasteiger partial charge in [0.15, 0.2) is 0 Å². The van der Waals surface area contributed by atoms with Crippen LogP contribution in [0.1, 0.15) is 19.8 Å². The fourth-order valence-electron chi connectivity index (χ4n) is 2.04. The van der Waals surface area contributed by atoms with Gasteiger partial charge in [0.2, 0.25) is 5.91 Å². The van der Waals surface area contributed by atoms with E-state index in [0.717, 1.165) is 18.6 Å². The van der Waals surface area contributed by atoms with Gasteiger partial charge in [-0.1, -0.05) is 0 Å². The van der Waals surface area contributed by atoms with Crippen LogP contribution >= 0.6 is 11.8 Å². The van der Waals surface area contributed by atoms with Gasteiger partial charge in [0, 0.05) is 5.69 Å². The van der Waals surface area contributed by atoms with Gasteiger partial charge in [0.1, 0.15) is 5.75 Å². The molecule has 0 spiro atoms. The maximum Gasteiger partial charge on any atom is 0.240 e. The molecule has 0 bridgehead atoms. The van der Waals surface area contributed by atoms with Gasteiger partial charge in [0.25, 0.3) is 0 Å². The van der Waals surface area contributed by atoms with E-state index < -0.39 is 0 Å². The van der Waals surface area contributed by atoms with Crippen molar-refractivity contribution in [3.8, 4) is 5.75 Å². The van der Waals surface area contributed by atoms with Crippen molar-refractivity contribution < 1.29 is 9.53 Å². The lowest BCUT2D eigenvalue weighted by atomic mass is 10.0. The Labute approximate surface area is 111 Å². The average molecular weight is 266 g/mol. The van der Waals surface area contributed by atoms with Crippen molar-refractivity contribution in [1.82, 2.24) is 0 Å². The lowest BCUT2D eigenvalue weighted by Gasteiger charge is -2.22. The molecule has 0 radical (unpaired) electrons. The Morgan fingerprint density at radius 2 is 2.33 bits per heavy atom. The van der Waals surface area contributed by atoms with Crippen LogP contribution in [0.5, 0.6) is 5.75 Å². The zero-order chi connectivity index (χ0) is 13.2. The number of nitrogens with one attached hydrogen (secondary N) is 1. The minimum absolute atomic E-state index is 0.0221. The molecule has 1 aromatic carbocycles. The fraction of sp³-hybridized carbons (Fsp3) is 0.462. The first kappa shape index (κ1) is 13.1. The van der Waals surface area contributed by atoms with E-state index in [1.165, 1.54) is 0 Å². The molecule has 1 aromatic rings. The third kappa shape index (κ3) is 2.56. The predicted molar refractivity (Wildman–Crippen MR) is 76.1 cm³/mol. The summed E-state index contributed by atoms with van der Waals surface area (Å²) >= 11 is 1.71. The normalized spacial score (nSPS) is 22.8. The van der Waals surface area contributed by atoms with Crippen LogP contribution in [0.3, 0.4) is 0 Å². The molecule has 1 unspecified atom stereocenters. The van der Waals surface area contributed by atoms with Crippen LogP contribution in [0.15, 0.2) is 18.2 Å². The van der Waals surface area contributed by atoms with Gasteiger partial charge >= 0.3 is 0 Å². The number of carbonyl (C=O) groups is 1. The number of amides is 1. The number of hydrogen-bond acceptors (Lipinski definition) is 4. The Balaban J connectivity index is 2.18. The molecule has 4 nitrogen and oxygen atoms in total. The molecule has 1 aliphatic heterocycles. The standard InChI is InChI=1S/C13H18N2O2S/c1-13(6-3-7-18-13)12(16)15-10-8-9(14)4-5-11(10)17-2/h4-5,8H,3,6-7,14H2,1-2H3,(H,15,16). The number of hydrogen-bond donors (Lipinski definition) is 2. The predicted octanol–water partition coefficient (Wildman–Crippen LogP) is 2.50. The molecule has 0 aliphatic carbocycles. The summed E-state index contributed by atoms with van der Waals surface area (Å²) in [6, 6.07) is 5.23. The fourth-order valence-corrected chi connectivity index (χ4v) is 3.25. The number of nitrogen functional groups attached to an aromatic ring is 1. The van der Waals surface area contributed by atoms with Gasteiger partial charge in [-0.2, -0.15) is 0 Å². The summed E-state index contributed by atoms with van der Waals surface area (Å²) in [6.07, 6.45) is 2.00. The topological polar surface area (TPSA) is 64.3 Å².